The zero-order valence-electron chi connectivity index (χ0n) is 18.7. The van der Waals surface area contributed by atoms with E-state index in [2.05, 4.69) is 15.3 Å². The largest absolute Gasteiger partial charge is 0.493 e. The lowest BCUT2D eigenvalue weighted by Crippen LogP contribution is -2.22. The average molecular weight is 464 g/mol. The van der Waals surface area contributed by atoms with Crippen LogP contribution in [0.4, 0.5) is 5.69 Å². The molecule has 0 atom stereocenters. The van der Waals surface area contributed by atoms with E-state index >= 15 is 0 Å². The van der Waals surface area contributed by atoms with Gasteiger partial charge in [0.25, 0.3) is 17.2 Å². The average Bonchev–Trinajstić information content (AvgIpc) is 3.24. The third-order valence-electron chi connectivity index (χ3n) is 4.91. The monoisotopic (exact) mass is 463 g/mol. The Balaban J connectivity index is 1.41. The van der Waals surface area contributed by atoms with E-state index in [4.69, 9.17) is 4.74 Å². The summed E-state index contributed by atoms with van der Waals surface area (Å²) in [6.45, 7) is 6.35. The van der Waals surface area contributed by atoms with E-state index in [9.17, 15) is 9.59 Å². The molecule has 0 aliphatic rings. The fourth-order valence-corrected chi connectivity index (χ4v) is 4.13. The number of benzene rings is 2. The Bertz CT molecular complexity index is 1330. The minimum atomic E-state index is -0.224. The first-order valence-electron chi connectivity index (χ1n) is 10.7. The molecular weight excluding hydrogens is 438 g/mol. The molecular formula is C24H25N5O3S. The maximum absolute atomic E-state index is 12.6. The molecule has 0 saturated carbocycles. The Kier molecular flexibility index (Phi) is 6.79. The Morgan fingerprint density at radius 1 is 1.15 bits per heavy atom. The number of hydrogen-bond donors (Lipinski definition) is 1. The number of ether oxygens (including phenoxy) is 1. The number of para-hydroxylation sites is 1. The third kappa shape index (κ3) is 5.09. The normalized spacial score (nSPS) is 11.2. The lowest BCUT2D eigenvalue weighted by molar-refractivity contribution is 0.102. The molecule has 170 valence electrons. The molecule has 4 aromatic rings. The summed E-state index contributed by atoms with van der Waals surface area (Å²) in [6.07, 6.45) is 1.63. The number of fused-ring (bicyclic) bond motifs is 1. The molecule has 0 radical (unpaired) electrons. The summed E-state index contributed by atoms with van der Waals surface area (Å²) < 4.78 is 8.79. The van der Waals surface area contributed by atoms with Crippen LogP contribution < -0.4 is 15.6 Å². The lowest BCUT2D eigenvalue weighted by atomic mass is 10.2. The van der Waals surface area contributed by atoms with Crippen molar-refractivity contribution in [3.05, 3.63) is 82.5 Å². The van der Waals surface area contributed by atoms with Crippen LogP contribution in [0.3, 0.4) is 0 Å². The number of nitrogens with zero attached hydrogens (tertiary/aromatic N) is 4. The second-order valence-electron chi connectivity index (χ2n) is 7.61. The Hall–Kier alpha value is -3.59. The van der Waals surface area contributed by atoms with Gasteiger partial charge in [0.15, 0.2) is 0 Å². The van der Waals surface area contributed by atoms with E-state index in [1.807, 2.05) is 57.2 Å². The van der Waals surface area contributed by atoms with Crippen molar-refractivity contribution in [2.75, 3.05) is 11.9 Å². The van der Waals surface area contributed by atoms with Crippen LogP contribution in [0.1, 0.15) is 42.9 Å². The summed E-state index contributed by atoms with van der Waals surface area (Å²) in [6, 6.07) is 16.4. The van der Waals surface area contributed by atoms with Crippen molar-refractivity contribution in [2.24, 2.45) is 0 Å². The molecule has 0 bridgehead atoms. The van der Waals surface area contributed by atoms with E-state index < -0.39 is 0 Å². The number of hydrogen-bond acceptors (Lipinski definition) is 6. The Morgan fingerprint density at radius 2 is 1.91 bits per heavy atom. The Morgan fingerprint density at radius 3 is 2.64 bits per heavy atom. The van der Waals surface area contributed by atoms with Crippen LogP contribution in [0.5, 0.6) is 5.75 Å². The molecule has 1 amide bonds. The Labute approximate surface area is 195 Å². The van der Waals surface area contributed by atoms with Crippen molar-refractivity contribution >= 4 is 29.1 Å². The zero-order valence-corrected chi connectivity index (χ0v) is 19.5. The van der Waals surface area contributed by atoms with Gasteiger partial charge < -0.3 is 10.1 Å². The number of carbonyl (C=O) groups is 1. The molecule has 2 aromatic heterocycles. The maximum Gasteiger partial charge on any atom is 0.274 e. The van der Waals surface area contributed by atoms with E-state index in [-0.39, 0.29) is 17.5 Å². The first-order valence-corrected chi connectivity index (χ1v) is 11.7. The summed E-state index contributed by atoms with van der Waals surface area (Å²) in [5.74, 6) is 1.27. The molecule has 0 unspecified atom stereocenters. The van der Waals surface area contributed by atoms with E-state index in [0.717, 1.165) is 4.90 Å². The molecule has 4 rings (SSSR count). The number of nitrogens with one attached hydrogen (secondary N) is 1. The summed E-state index contributed by atoms with van der Waals surface area (Å²) in [7, 11) is 0. The predicted octanol–water partition coefficient (Wildman–Crippen LogP) is 4.42. The minimum absolute atomic E-state index is 0.112. The molecule has 2 heterocycles. The van der Waals surface area contributed by atoms with Crippen LogP contribution in [0, 0.1) is 0 Å². The number of anilines is 1. The molecule has 2 aromatic carbocycles. The highest BCUT2D eigenvalue weighted by Crippen LogP contribution is 2.25. The number of rotatable bonds is 8. The van der Waals surface area contributed by atoms with Crippen molar-refractivity contribution < 1.29 is 9.53 Å². The molecule has 0 spiro atoms. The summed E-state index contributed by atoms with van der Waals surface area (Å²) in [5.41, 5.74) is 1.70. The quantitative estimate of drug-likeness (QED) is 0.389. The summed E-state index contributed by atoms with van der Waals surface area (Å²) >= 11 is 1.56. The van der Waals surface area contributed by atoms with Crippen LogP contribution in [0.2, 0.25) is 0 Å². The highest BCUT2D eigenvalue weighted by atomic mass is 32.2. The van der Waals surface area contributed by atoms with Gasteiger partial charge in [0.05, 0.1) is 17.9 Å². The van der Waals surface area contributed by atoms with E-state index in [1.165, 1.54) is 4.52 Å². The first-order chi connectivity index (χ1) is 16.0. The van der Waals surface area contributed by atoms with E-state index in [1.54, 1.807) is 41.0 Å². The van der Waals surface area contributed by atoms with Crippen molar-refractivity contribution in [1.29, 1.82) is 0 Å². The predicted molar refractivity (Wildman–Crippen MR) is 129 cm³/mol. The highest BCUT2D eigenvalue weighted by molar-refractivity contribution is 7.98. The minimum Gasteiger partial charge on any atom is -0.493 e. The molecule has 1 N–H and O–H groups in total. The fraction of sp³-hybridized carbons (Fsp3) is 0.250. The molecule has 0 saturated heterocycles. The number of carbonyl (C=O) groups excluding carboxylic acids is 1. The van der Waals surface area contributed by atoms with Crippen LogP contribution in [-0.2, 0) is 5.75 Å². The van der Waals surface area contributed by atoms with Crippen molar-refractivity contribution in [3.63, 3.8) is 0 Å². The van der Waals surface area contributed by atoms with Crippen molar-refractivity contribution in [3.8, 4) is 5.75 Å². The van der Waals surface area contributed by atoms with Gasteiger partial charge in [-0.15, -0.1) is 11.8 Å². The van der Waals surface area contributed by atoms with Crippen molar-refractivity contribution in [2.45, 2.75) is 37.5 Å². The van der Waals surface area contributed by atoms with Gasteiger partial charge >= 0.3 is 0 Å². The molecule has 0 aliphatic carbocycles. The standard InChI is InChI=1S/C24H25N5O3S/c1-4-32-21-8-6-5-7-20(21)23(31)26-17-9-11-19(12-10-17)33-14-18-13-22(30)29-24(27-18)25-15-28(29)16(2)3/h5-13,15-16H,4,14H2,1-3H3,(H,26,31). The van der Waals surface area contributed by atoms with Gasteiger partial charge in [0.1, 0.15) is 12.1 Å². The molecule has 0 fully saturated rings. The topological polar surface area (TPSA) is 90.5 Å². The fourth-order valence-electron chi connectivity index (χ4n) is 3.34. The van der Waals surface area contributed by atoms with Gasteiger partial charge in [-0.2, -0.15) is 9.50 Å². The number of amides is 1. The molecule has 9 heteroatoms. The maximum atomic E-state index is 12.6. The second kappa shape index (κ2) is 9.91. The first kappa shape index (κ1) is 22.6. The van der Waals surface area contributed by atoms with Gasteiger partial charge in [-0.05, 0) is 57.2 Å². The van der Waals surface area contributed by atoms with Gasteiger partial charge in [-0.25, -0.2) is 4.98 Å². The molecule has 8 nitrogen and oxygen atoms in total. The SMILES string of the molecule is CCOc1ccccc1C(=O)Nc1ccc(SCc2cc(=O)n3c(ncn3C(C)C)n2)cc1. The van der Waals surface area contributed by atoms with Crippen LogP contribution in [0.15, 0.2) is 70.6 Å². The van der Waals surface area contributed by atoms with Gasteiger partial charge in [-0.3, -0.25) is 14.3 Å². The van der Waals surface area contributed by atoms with Gasteiger partial charge in [0, 0.05) is 28.4 Å². The summed E-state index contributed by atoms with van der Waals surface area (Å²) in [5, 5.41) is 2.90. The number of aromatic nitrogens is 4. The number of thioether (sulfide) groups is 1. The van der Waals surface area contributed by atoms with E-state index in [0.29, 0.717) is 40.8 Å². The zero-order chi connectivity index (χ0) is 23.4. The third-order valence-corrected chi connectivity index (χ3v) is 5.96. The summed E-state index contributed by atoms with van der Waals surface area (Å²) in [4.78, 5) is 34.9. The van der Waals surface area contributed by atoms with Crippen LogP contribution in [0.25, 0.3) is 5.78 Å². The molecule has 0 aliphatic heterocycles. The van der Waals surface area contributed by atoms with Crippen molar-refractivity contribution in [1.82, 2.24) is 19.2 Å². The smallest absolute Gasteiger partial charge is 0.274 e. The van der Waals surface area contributed by atoms with Crippen LogP contribution >= 0.6 is 11.8 Å². The lowest BCUT2D eigenvalue weighted by Gasteiger charge is -2.11. The highest BCUT2D eigenvalue weighted by Gasteiger charge is 2.13. The van der Waals surface area contributed by atoms with Gasteiger partial charge in [-0.1, -0.05) is 12.1 Å². The second-order valence-corrected chi connectivity index (χ2v) is 8.66. The molecule has 33 heavy (non-hydrogen) atoms. The van der Waals surface area contributed by atoms with Crippen LogP contribution in [-0.4, -0.2) is 31.7 Å². The van der Waals surface area contributed by atoms with Gasteiger partial charge in [0.2, 0.25) is 0 Å².